The Labute approximate surface area is 124 Å². The van der Waals surface area contributed by atoms with Crippen LogP contribution in [0.4, 0.5) is 6.01 Å². The summed E-state index contributed by atoms with van der Waals surface area (Å²) >= 11 is 0. The molecule has 0 saturated carbocycles. The summed E-state index contributed by atoms with van der Waals surface area (Å²) in [7, 11) is 1.65. The quantitative estimate of drug-likeness (QED) is 0.866. The zero-order chi connectivity index (χ0) is 14.7. The van der Waals surface area contributed by atoms with Gasteiger partial charge in [-0.1, -0.05) is 18.4 Å². The van der Waals surface area contributed by atoms with Crippen LogP contribution in [0.2, 0.25) is 0 Å². The van der Waals surface area contributed by atoms with Crippen molar-refractivity contribution in [3.05, 3.63) is 24.3 Å². The van der Waals surface area contributed by atoms with Crippen molar-refractivity contribution in [2.24, 2.45) is 5.92 Å². The third-order valence-electron chi connectivity index (χ3n) is 3.93. The highest BCUT2D eigenvalue weighted by Gasteiger charge is 2.20. The molecular weight excluding hydrogens is 266 g/mol. The van der Waals surface area contributed by atoms with E-state index in [2.05, 4.69) is 22.0 Å². The van der Waals surface area contributed by atoms with Crippen molar-refractivity contribution in [1.29, 1.82) is 0 Å². The Morgan fingerprint density at radius 1 is 1.19 bits per heavy atom. The smallest absolute Gasteiger partial charge is 0.318 e. The zero-order valence-electron chi connectivity index (χ0n) is 12.6. The van der Waals surface area contributed by atoms with Crippen LogP contribution in [0.15, 0.2) is 28.7 Å². The number of hydrogen-bond acceptors (Lipinski definition) is 5. The van der Waals surface area contributed by atoms with Crippen molar-refractivity contribution in [2.75, 3.05) is 25.1 Å². The molecule has 5 heteroatoms. The summed E-state index contributed by atoms with van der Waals surface area (Å²) in [5, 5.41) is 8.39. The topological polar surface area (TPSA) is 51.4 Å². The SMILES string of the molecule is COc1ccc(-c2nnc(N3CCCCC(C)C3)o2)cc1. The minimum atomic E-state index is 0.560. The number of ether oxygens (including phenoxy) is 1. The van der Waals surface area contributed by atoms with Crippen molar-refractivity contribution in [3.8, 4) is 17.2 Å². The third kappa shape index (κ3) is 3.17. The maximum atomic E-state index is 5.85. The van der Waals surface area contributed by atoms with Gasteiger partial charge in [0.1, 0.15) is 5.75 Å². The maximum Gasteiger partial charge on any atom is 0.318 e. The molecule has 112 valence electrons. The molecule has 1 aliphatic heterocycles. The summed E-state index contributed by atoms with van der Waals surface area (Å²) in [6.07, 6.45) is 3.73. The first-order chi connectivity index (χ1) is 10.3. The van der Waals surface area contributed by atoms with E-state index >= 15 is 0 Å². The number of rotatable bonds is 3. The van der Waals surface area contributed by atoms with Crippen LogP contribution in [0.25, 0.3) is 11.5 Å². The normalized spacial score (nSPS) is 19.3. The first-order valence-corrected chi connectivity index (χ1v) is 7.49. The molecule has 0 spiro atoms. The molecule has 1 aromatic heterocycles. The van der Waals surface area contributed by atoms with Gasteiger partial charge in [-0.05, 0) is 43.0 Å². The Hall–Kier alpha value is -2.04. The lowest BCUT2D eigenvalue weighted by Crippen LogP contribution is -2.27. The highest BCUT2D eigenvalue weighted by molar-refractivity contribution is 5.55. The van der Waals surface area contributed by atoms with Gasteiger partial charge in [0, 0.05) is 18.7 Å². The van der Waals surface area contributed by atoms with E-state index in [0.717, 1.165) is 24.4 Å². The van der Waals surface area contributed by atoms with Crippen LogP contribution < -0.4 is 9.64 Å². The molecule has 0 radical (unpaired) electrons. The van der Waals surface area contributed by atoms with E-state index in [4.69, 9.17) is 9.15 Å². The van der Waals surface area contributed by atoms with Crippen molar-refractivity contribution in [1.82, 2.24) is 10.2 Å². The van der Waals surface area contributed by atoms with Crippen LogP contribution in [0, 0.1) is 5.92 Å². The molecule has 0 bridgehead atoms. The Morgan fingerprint density at radius 2 is 2.00 bits per heavy atom. The van der Waals surface area contributed by atoms with Crippen molar-refractivity contribution < 1.29 is 9.15 Å². The third-order valence-corrected chi connectivity index (χ3v) is 3.93. The molecule has 1 saturated heterocycles. The van der Waals surface area contributed by atoms with E-state index in [0.29, 0.717) is 17.8 Å². The molecule has 0 aliphatic carbocycles. The summed E-state index contributed by atoms with van der Waals surface area (Å²) in [6.45, 7) is 4.26. The Morgan fingerprint density at radius 3 is 2.76 bits per heavy atom. The monoisotopic (exact) mass is 287 g/mol. The summed E-state index contributed by atoms with van der Waals surface area (Å²) in [6, 6.07) is 8.29. The molecule has 2 heterocycles. The van der Waals surface area contributed by atoms with Gasteiger partial charge in [-0.15, -0.1) is 5.10 Å². The van der Waals surface area contributed by atoms with Crippen molar-refractivity contribution >= 4 is 6.01 Å². The van der Waals surface area contributed by atoms with Gasteiger partial charge < -0.3 is 14.1 Å². The van der Waals surface area contributed by atoms with Gasteiger partial charge in [0.25, 0.3) is 0 Å². The molecule has 3 rings (SSSR count). The number of hydrogen-bond donors (Lipinski definition) is 0. The molecule has 5 nitrogen and oxygen atoms in total. The fourth-order valence-corrected chi connectivity index (χ4v) is 2.72. The average Bonchev–Trinajstić information content (AvgIpc) is 2.90. The second-order valence-corrected chi connectivity index (χ2v) is 5.67. The van der Waals surface area contributed by atoms with Gasteiger partial charge in [-0.2, -0.15) is 0 Å². The Bertz CT molecular complexity index is 579. The number of aromatic nitrogens is 2. The minimum Gasteiger partial charge on any atom is -0.497 e. The number of nitrogens with zero attached hydrogens (tertiary/aromatic N) is 3. The van der Waals surface area contributed by atoms with Crippen molar-refractivity contribution in [3.63, 3.8) is 0 Å². The fourth-order valence-electron chi connectivity index (χ4n) is 2.72. The van der Waals surface area contributed by atoms with Gasteiger partial charge in [0.2, 0.25) is 5.89 Å². The second kappa shape index (κ2) is 6.16. The van der Waals surface area contributed by atoms with E-state index < -0.39 is 0 Å². The highest BCUT2D eigenvalue weighted by atomic mass is 16.5. The van der Waals surface area contributed by atoms with Gasteiger partial charge >= 0.3 is 6.01 Å². The lowest BCUT2D eigenvalue weighted by atomic mass is 10.1. The molecule has 1 fully saturated rings. The second-order valence-electron chi connectivity index (χ2n) is 5.67. The van der Waals surface area contributed by atoms with Crippen LogP contribution in [0.5, 0.6) is 5.75 Å². The minimum absolute atomic E-state index is 0.560. The highest BCUT2D eigenvalue weighted by Crippen LogP contribution is 2.26. The van der Waals surface area contributed by atoms with Gasteiger partial charge in [0.15, 0.2) is 0 Å². The lowest BCUT2D eigenvalue weighted by Gasteiger charge is -2.19. The first kappa shape index (κ1) is 13.9. The first-order valence-electron chi connectivity index (χ1n) is 7.49. The number of anilines is 1. The number of benzene rings is 1. The number of methoxy groups -OCH3 is 1. The largest absolute Gasteiger partial charge is 0.497 e. The van der Waals surface area contributed by atoms with Crippen molar-refractivity contribution in [2.45, 2.75) is 26.2 Å². The summed E-state index contributed by atoms with van der Waals surface area (Å²) in [4.78, 5) is 2.21. The molecule has 21 heavy (non-hydrogen) atoms. The molecule has 1 atom stereocenters. The zero-order valence-corrected chi connectivity index (χ0v) is 12.6. The van der Waals surface area contributed by atoms with Crippen LogP contribution >= 0.6 is 0 Å². The van der Waals surface area contributed by atoms with E-state index in [-0.39, 0.29) is 0 Å². The molecule has 1 aromatic carbocycles. The summed E-state index contributed by atoms with van der Waals surface area (Å²) in [5.74, 6) is 2.05. The molecule has 2 aromatic rings. The lowest BCUT2D eigenvalue weighted by molar-refractivity contribution is 0.415. The predicted octanol–water partition coefficient (Wildman–Crippen LogP) is 3.37. The van der Waals surface area contributed by atoms with Crippen LogP contribution in [0.1, 0.15) is 26.2 Å². The van der Waals surface area contributed by atoms with Gasteiger partial charge in [-0.25, -0.2) is 0 Å². The fraction of sp³-hybridized carbons (Fsp3) is 0.500. The summed E-state index contributed by atoms with van der Waals surface area (Å²) in [5.41, 5.74) is 0.914. The van der Waals surface area contributed by atoms with Gasteiger partial charge in [-0.3, -0.25) is 0 Å². The van der Waals surface area contributed by atoms with E-state index in [1.807, 2.05) is 24.3 Å². The van der Waals surface area contributed by atoms with Crippen LogP contribution in [-0.2, 0) is 0 Å². The molecule has 0 N–H and O–H groups in total. The average molecular weight is 287 g/mol. The van der Waals surface area contributed by atoms with Crippen LogP contribution in [0.3, 0.4) is 0 Å². The Kier molecular flexibility index (Phi) is 4.08. The molecule has 0 amide bonds. The van der Waals surface area contributed by atoms with Crippen LogP contribution in [-0.4, -0.2) is 30.4 Å². The Balaban J connectivity index is 1.78. The maximum absolute atomic E-state index is 5.85. The molecular formula is C16H21N3O2. The molecule has 1 unspecified atom stereocenters. The summed E-state index contributed by atoms with van der Waals surface area (Å²) < 4.78 is 11.0. The predicted molar refractivity (Wildman–Crippen MR) is 81.5 cm³/mol. The molecule has 1 aliphatic rings. The van der Waals surface area contributed by atoms with Gasteiger partial charge in [0.05, 0.1) is 7.11 Å². The van der Waals surface area contributed by atoms with E-state index in [1.165, 1.54) is 19.3 Å². The van der Waals surface area contributed by atoms with E-state index in [9.17, 15) is 0 Å². The standard InChI is InChI=1S/C16H21N3O2/c1-12-5-3-4-10-19(11-12)16-18-17-15(21-16)13-6-8-14(20-2)9-7-13/h6-9,12H,3-5,10-11H2,1-2H3. The van der Waals surface area contributed by atoms with E-state index in [1.54, 1.807) is 7.11 Å².